The molecule has 0 aromatic carbocycles. The molecule has 2 aliphatic rings. The van der Waals surface area contributed by atoms with Crippen LogP contribution in [0.2, 0.25) is 0 Å². The summed E-state index contributed by atoms with van der Waals surface area (Å²) < 4.78 is 6.35. The van der Waals surface area contributed by atoms with E-state index in [-0.39, 0.29) is 149 Å². The van der Waals surface area contributed by atoms with Crippen LogP contribution in [-0.2, 0) is 52.7 Å². The van der Waals surface area contributed by atoms with Gasteiger partial charge in [0.25, 0.3) is 0 Å². The number of carboxylic acid groups (broad SMARTS) is 5. The predicted octanol–water partition coefficient (Wildman–Crippen LogP) is -0.154. The van der Waals surface area contributed by atoms with Gasteiger partial charge in [0.1, 0.15) is 19.7 Å². The van der Waals surface area contributed by atoms with Gasteiger partial charge < -0.3 is 60.5 Å². The normalized spacial score (nSPS) is 17.7. The number of nitrogens with zero attached hydrogens (tertiary/aromatic N) is 11. The number of hydrogen-bond acceptors (Lipinski definition) is 19. The molecule has 0 spiro atoms. The minimum atomic E-state index is -1.14. The summed E-state index contributed by atoms with van der Waals surface area (Å²) in [5, 5.41) is 48.8. The number of ketones is 1. The molecule has 512 valence electrons. The lowest BCUT2D eigenvalue weighted by Crippen LogP contribution is -2.53. The van der Waals surface area contributed by atoms with E-state index in [1.165, 1.54) is 14.7 Å². The van der Waals surface area contributed by atoms with Crippen molar-refractivity contribution in [3.63, 3.8) is 0 Å². The molecule has 2 rings (SSSR count). The summed E-state index contributed by atoms with van der Waals surface area (Å²) >= 11 is 0. The average molecular weight is 1270 g/mol. The predicted molar refractivity (Wildman–Crippen MR) is 335 cm³/mol. The van der Waals surface area contributed by atoms with Crippen LogP contribution in [0.25, 0.3) is 0 Å². The third-order valence-corrected chi connectivity index (χ3v) is 16.3. The highest BCUT2D eigenvalue weighted by molar-refractivity contribution is 5.90. The number of carbonyl (C=O) groups excluding carboxylic acids is 5. The third kappa shape index (κ3) is 32.9. The zero-order valence-electron chi connectivity index (χ0n) is 55.4. The first-order chi connectivity index (χ1) is 41.9. The van der Waals surface area contributed by atoms with Crippen LogP contribution in [0.3, 0.4) is 0 Å². The second kappa shape index (κ2) is 41.8. The molecule has 0 radical (unpaired) electrons. The van der Waals surface area contributed by atoms with E-state index in [0.29, 0.717) is 57.0 Å². The Morgan fingerprint density at radius 1 is 0.438 bits per heavy atom. The number of rotatable bonds is 36. The Morgan fingerprint density at radius 2 is 0.764 bits per heavy atom. The molecule has 2 unspecified atom stereocenters. The van der Waals surface area contributed by atoms with Crippen LogP contribution in [0.15, 0.2) is 0 Å². The van der Waals surface area contributed by atoms with Gasteiger partial charge in [-0.2, -0.15) is 0 Å². The first kappa shape index (κ1) is 79.6. The van der Waals surface area contributed by atoms with Gasteiger partial charge >= 0.3 is 29.8 Å². The minimum Gasteiger partial charge on any atom is -0.480 e. The molecule has 0 aromatic heterocycles. The molecule has 0 aliphatic carbocycles. The lowest BCUT2D eigenvalue weighted by atomic mass is 9.70. The van der Waals surface area contributed by atoms with Crippen LogP contribution < -0.4 is 5.73 Å². The van der Waals surface area contributed by atoms with Gasteiger partial charge in [0.15, 0.2) is 5.78 Å². The number of hydrogen-bond donors (Lipinski definition) is 6. The number of amides is 4. The van der Waals surface area contributed by atoms with E-state index in [4.69, 9.17) is 10.5 Å². The number of likely N-dealkylation sites (N-methyl/N-ethyl adjacent to an activating group) is 2. The van der Waals surface area contributed by atoms with Gasteiger partial charge in [-0.1, -0.05) is 62.3 Å². The van der Waals surface area contributed by atoms with Crippen molar-refractivity contribution in [3.8, 4) is 0 Å². The Hall–Kier alpha value is -5.46. The van der Waals surface area contributed by atoms with Crippen molar-refractivity contribution < 1.29 is 78.2 Å². The molecule has 89 heavy (non-hydrogen) atoms. The van der Waals surface area contributed by atoms with Crippen molar-refractivity contribution in [2.75, 3.05) is 210 Å². The van der Waals surface area contributed by atoms with E-state index in [1.54, 1.807) is 45.3 Å². The van der Waals surface area contributed by atoms with E-state index in [2.05, 4.69) is 46.4 Å². The molecular weight excluding hydrogens is 1160 g/mol. The fourth-order valence-electron chi connectivity index (χ4n) is 12.2. The first-order valence-electron chi connectivity index (χ1n) is 32.0. The molecule has 4 amide bonds. The Labute approximate surface area is 528 Å². The van der Waals surface area contributed by atoms with Gasteiger partial charge in [0.05, 0.1) is 51.8 Å². The maximum Gasteiger partial charge on any atom is 0.317 e. The van der Waals surface area contributed by atoms with Gasteiger partial charge in [-0.05, 0) is 55.9 Å². The molecule has 2 saturated heterocycles. The molecule has 28 heteroatoms. The fraction of sp³-hybridized carbons (Fsp3) is 0.836. The molecular formula is C61H112N12O16. The van der Waals surface area contributed by atoms with Crippen molar-refractivity contribution in [1.29, 1.82) is 0 Å². The summed E-state index contributed by atoms with van der Waals surface area (Å²) in [5.41, 5.74) is 5.64. The Balaban J connectivity index is 2.73. The van der Waals surface area contributed by atoms with Crippen LogP contribution in [0.1, 0.15) is 88.5 Å². The standard InChI is InChI=1S/C61H112N12O16/c1-11-63-15-17-64(19-20-66(40-56(80)81)22-21-65(18-16-63)39-55(78)79)36-51(74)49(9)34-72(35-50(10)60(88)71-29-27-68(42-58(84)85)25-23-67(41-57(82)83)24-26-69(28-30-71)43-59(86)87)53(76)38-73(37-52(75)70(12-2)14-13-62)54(77)44-89-45-61(31-46(3)4,32-47(5)6)33-48(7)8/h46-50H,11-45,62H2,1-10H3,(H,78,79)(H,80,81)(H,82,83)(H,84,85)(H,86,87). The monoisotopic (exact) mass is 1270 g/mol. The van der Waals surface area contributed by atoms with Crippen molar-refractivity contribution >= 4 is 59.3 Å². The second-order valence-corrected chi connectivity index (χ2v) is 25.8. The molecule has 0 aromatic rings. The number of Topliss-reactive ketones (excluding diaryl/α,β-unsaturated/α-hetero) is 1. The second-order valence-electron chi connectivity index (χ2n) is 25.8. The highest BCUT2D eigenvalue weighted by atomic mass is 16.5. The van der Waals surface area contributed by atoms with Crippen LogP contribution in [0, 0.1) is 35.0 Å². The van der Waals surface area contributed by atoms with Crippen molar-refractivity contribution in [3.05, 3.63) is 0 Å². The third-order valence-electron chi connectivity index (χ3n) is 16.3. The summed E-state index contributed by atoms with van der Waals surface area (Å²) in [4.78, 5) is 151. The van der Waals surface area contributed by atoms with Gasteiger partial charge in [-0.15, -0.1) is 0 Å². The number of ether oxygens (including phenoxy) is 1. The molecule has 2 aliphatic heterocycles. The summed E-state index contributed by atoms with van der Waals surface area (Å²) in [5.74, 6) is -8.86. The fourth-order valence-corrected chi connectivity index (χ4v) is 12.2. The zero-order valence-corrected chi connectivity index (χ0v) is 55.4. The molecule has 2 heterocycles. The van der Waals surface area contributed by atoms with E-state index in [1.807, 2.05) is 11.8 Å². The van der Waals surface area contributed by atoms with E-state index >= 15 is 4.79 Å². The van der Waals surface area contributed by atoms with Crippen LogP contribution >= 0.6 is 0 Å². The number of nitrogens with two attached hydrogens (primary N) is 1. The quantitative estimate of drug-likeness (QED) is 0.0475. The highest BCUT2D eigenvalue weighted by Crippen LogP contribution is 2.40. The van der Waals surface area contributed by atoms with Gasteiger partial charge in [-0.25, -0.2) is 0 Å². The molecule has 28 nitrogen and oxygen atoms in total. The SMILES string of the molecule is CCN1CCN(CC(=O)O)CCN(CC(=O)O)CCN(CC(=O)C(C)CN(CC(C)C(=O)N2CCN(CC(=O)O)CCN(CC(=O)O)CCN(CC(=O)O)CC2)C(=O)CN(CC(=O)N(CC)CCN)C(=O)COCC(CC(C)C)(CC(C)C)CC(C)C)CC1. The van der Waals surface area contributed by atoms with Crippen molar-refractivity contribution in [2.45, 2.75) is 88.5 Å². The summed E-state index contributed by atoms with van der Waals surface area (Å²) in [7, 11) is 0. The van der Waals surface area contributed by atoms with Crippen molar-refractivity contribution in [2.24, 2.45) is 40.7 Å². The Kier molecular flexibility index (Phi) is 37.4. The summed E-state index contributed by atoms with van der Waals surface area (Å²) in [6.07, 6.45) is 2.56. The minimum absolute atomic E-state index is 0.0250. The van der Waals surface area contributed by atoms with Gasteiger partial charge in [0, 0.05) is 143 Å². The maximum absolute atomic E-state index is 15.3. The molecule has 0 saturated carbocycles. The lowest BCUT2D eigenvalue weighted by molar-refractivity contribution is -0.149. The number of aliphatic carboxylic acids is 5. The largest absolute Gasteiger partial charge is 0.480 e. The first-order valence-corrected chi connectivity index (χ1v) is 32.0. The van der Waals surface area contributed by atoms with Crippen LogP contribution in [0.4, 0.5) is 0 Å². The number of carboxylic acids is 5. The average Bonchev–Trinajstić information content (AvgIpc) is 3.63. The maximum atomic E-state index is 15.3. The van der Waals surface area contributed by atoms with Crippen LogP contribution in [0.5, 0.6) is 0 Å². The van der Waals surface area contributed by atoms with Crippen LogP contribution in [-0.4, -0.2) is 348 Å². The Morgan fingerprint density at radius 3 is 1.09 bits per heavy atom. The molecule has 2 fully saturated rings. The lowest BCUT2D eigenvalue weighted by Gasteiger charge is -2.38. The summed E-state index contributed by atoms with van der Waals surface area (Å²) in [6.45, 7) is 21.0. The van der Waals surface area contributed by atoms with Gasteiger partial charge in [0.2, 0.25) is 23.6 Å². The van der Waals surface area contributed by atoms with E-state index < -0.39 is 98.1 Å². The molecule has 2 atom stereocenters. The topological polar surface area (TPSA) is 343 Å². The highest BCUT2D eigenvalue weighted by Gasteiger charge is 2.36. The Bertz CT molecular complexity index is 2170. The zero-order chi connectivity index (χ0) is 67.0. The molecule has 7 N–H and O–H groups in total. The van der Waals surface area contributed by atoms with Gasteiger partial charge in [-0.3, -0.25) is 77.3 Å². The molecule has 0 bridgehead atoms. The smallest absolute Gasteiger partial charge is 0.317 e. The number of carbonyl (C=O) groups is 10. The van der Waals surface area contributed by atoms with E-state index in [9.17, 15) is 68.7 Å². The van der Waals surface area contributed by atoms with E-state index in [0.717, 1.165) is 24.2 Å². The van der Waals surface area contributed by atoms with Crippen molar-refractivity contribution in [1.82, 2.24) is 53.9 Å². The summed E-state index contributed by atoms with van der Waals surface area (Å²) in [6, 6.07) is 0.